The molecule has 180 valence electrons. The van der Waals surface area contributed by atoms with Gasteiger partial charge in [-0.25, -0.2) is 0 Å². The van der Waals surface area contributed by atoms with E-state index in [9.17, 15) is 9.90 Å². The van der Waals surface area contributed by atoms with Gasteiger partial charge in [0.2, 0.25) is 0 Å². The highest BCUT2D eigenvalue weighted by atomic mass is 32.2. The van der Waals surface area contributed by atoms with Gasteiger partial charge in [0.05, 0.1) is 18.5 Å². The monoisotopic (exact) mass is 470 g/mol. The van der Waals surface area contributed by atoms with E-state index in [4.69, 9.17) is 4.74 Å². The lowest BCUT2D eigenvalue weighted by molar-refractivity contribution is -0.146. The molecule has 6 heteroatoms. The summed E-state index contributed by atoms with van der Waals surface area (Å²) in [5.74, 6) is 1.47. The lowest BCUT2D eigenvalue weighted by atomic mass is 9.81. The molecular formula is C27H38N2O3S. The number of hydrogen-bond acceptors (Lipinski definition) is 5. The van der Waals surface area contributed by atoms with Crippen molar-refractivity contribution < 1.29 is 14.6 Å². The Kier molecular flexibility index (Phi) is 8.90. The molecule has 0 amide bonds. The molecule has 1 aromatic heterocycles. The molecule has 2 aromatic rings. The molecule has 1 saturated heterocycles. The van der Waals surface area contributed by atoms with Crippen LogP contribution in [-0.4, -0.2) is 58.7 Å². The molecule has 0 bridgehead atoms. The Morgan fingerprint density at radius 3 is 2.85 bits per heavy atom. The number of carbonyl (C=O) groups is 1. The van der Waals surface area contributed by atoms with Crippen LogP contribution in [0.1, 0.15) is 56.9 Å². The van der Waals surface area contributed by atoms with Gasteiger partial charge in [0.25, 0.3) is 0 Å². The Balaban J connectivity index is 1.25. The minimum atomic E-state index is -0.621. The van der Waals surface area contributed by atoms with E-state index in [-0.39, 0.29) is 11.8 Å². The first-order valence-electron chi connectivity index (χ1n) is 12.6. The highest BCUT2D eigenvalue weighted by Gasteiger charge is 2.33. The van der Waals surface area contributed by atoms with E-state index >= 15 is 0 Å². The summed E-state index contributed by atoms with van der Waals surface area (Å²) in [5, 5.41) is 11.9. The largest absolute Gasteiger partial charge is 0.497 e. The molecule has 1 saturated carbocycles. The van der Waals surface area contributed by atoms with Crippen molar-refractivity contribution in [3.8, 4) is 5.75 Å². The average molecular weight is 471 g/mol. The fraction of sp³-hybridized carbons (Fsp3) is 0.630. The molecule has 33 heavy (non-hydrogen) atoms. The van der Waals surface area contributed by atoms with Crippen LogP contribution in [0.25, 0.3) is 10.9 Å². The second-order valence-electron chi connectivity index (χ2n) is 9.67. The molecule has 4 rings (SSSR count). The summed E-state index contributed by atoms with van der Waals surface area (Å²) in [6, 6.07) is 8.09. The molecule has 1 N–H and O–H groups in total. The average Bonchev–Trinajstić information content (AvgIpc) is 3.36. The summed E-state index contributed by atoms with van der Waals surface area (Å²) in [5.41, 5.74) is 2.25. The third-order valence-corrected chi connectivity index (χ3v) is 8.96. The zero-order valence-corrected chi connectivity index (χ0v) is 20.7. The highest BCUT2D eigenvalue weighted by molar-refractivity contribution is 7.99. The smallest absolute Gasteiger partial charge is 0.308 e. The maximum atomic E-state index is 12.0. The van der Waals surface area contributed by atoms with Crippen LogP contribution in [0.15, 0.2) is 30.5 Å². The summed E-state index contributed by atoms with van der Waals surface area (Å²) >= 11 is 2.14. The van der Waals surface area contributed by atoms with Crippen molar-refractivity contribution in [1.29, 1.82) is 0 Å². The van der Waals surface area contributed by atoms with Crippen LogP contribution in [-0.2, 0) is 11.2 Å². The number of nitrogens with zero attached hydrogens (tertiary/aromatic N) is 2. The van der Waals surface area contributed by atoms with E-state index in [0.29, 0.717) is 6.54 Å². The van der Waals surface area contributed by atoms with Crippen LogP contribution in [0.2, 0.25) is 0 Å². The number of thioether (sulfide) groups is 1. The van der Waals surface area contributed by atoms with Gasteiger partial charge >= 0.3 is 5.97 Å². The van der Waals surface area contributed by atoms with E-state index in [2.05, 4.69) is 33.8 Å². The number of piperidine rings is 1. The Morgan fingerprint density at radius 2 is 2.06 bits per heavy atom. The summed E-state index contributed by atoms with van der Waals surface area (Å²) < 4.78 is 5.39. The molecule has 5 nitrogen and oxygen atoms in total. The van der Waals surface area contributed by atoms with Crippen LogP contribution in [0.3, 0.4) is 0 Å². The third-order valence-electron chi connectivity index (χ3n) is 7.49. The number of fused-ring (bicyclic) bond motifs is 1. The Morgan fingerprint density at radius 1 is 1.21 bits per heavy atom. The summed E-state index contributed by atoms with van der Waals surface area (Å²) in [6.07, 6.45) is 12.5. The standard InChI is InChI=1S/C27H38N2O3S/c1-32-22-10-11-26-24(18-22)20(12-14-28-26)6-4-7-21-13-16-29(19-25(21)27(30)31)15-5-17-33-23-8-2-3-9-23/h10-12,14,18,21,23,25H,2-9,13,15-17,19H2,1H3,(H,30,31)/t21-,25+/m1/s1. The lowest BCUT2D eigenvalue weighted by Gasteiger charge is -2.36. The Labute approximate surface area is 202 Å². The fourth-order valence-corrected chi connectivity index (χ4v) is 6.87. The maximum absolute atomic E-state index is 12.0. The number of aryl methyl sites for hydroxylation is 1. The molecule has 1 aliphatic heterocycles. The first kappa shape index (κ1) is 24.3. The quantitative estimate of drug-likeness (QED) is 0.428. The minimum absolute atomic E-state index is 0.240. The van der Waals surface area contributed by atoms with Crippen LogP contribution >= 0.6 is 11.8 Å². The van der Waals surface area contributed by atoms with Crippen molar-refractivity contribution in [3.05, 3.63) is 36.0 Å². The van der Waals surface area contributed by atoms with Gasteiger partial charge in [-0.2, -0.15) is 11.8 Å². The number of carboxylic acid groups (broad SMARTS) is 1. The first-order valence-corrected chi connectivity index (χ1v) is 13.7. The second-order valence-corrected chi connectivity index (χ2v) is 11.1. The predicted molar refractivity (Wildman–Crippen MR) is 136 cm³/mol. The van der Waals surface area contributed by atoms with Crippen LogP contribution in [0.5, 0.6) is 5.75 Å². The summed E-state index contributed by atoms with van der Waals surface area (Å²) in [6.45, 7) is 2.79. The van der Waals surface area contributed by atoms with Gasteiger partial charge in [-0.05, 0) is 99.5 Å². The van der Waals surface area contributed by atoms with Crippen molar-refractivity contribution in [1.82, 2.24) is 9.88 Å². The topological polar surface area (TPSA) is 62.7 Å². The maximum Gasteiger partial charge on any atom is 0.308 e. The van der Waals surface area contributed by atoms with Crippen molar-refractivity contribution in [2.24, 2.45) is 11.8 Å². The second kappa shape index (κ2) is 12.1. The van der Waals surface area contributed by atoms with Gasteiger partial charge in [0.15, 0.2) is 0 Å². The zero-order chi connectivity index (χ0) is 23.0. The molecule has 1 aromatic carbocycles. The van der Waals surface area contributed by atoms with Crippen molar-refractivity contribution in [3.63, 3.8) is 0 Å². The molecular weight excluding hydrogens is 432 g/mol. The number of benzene rings is 1. The molecule has 2 atom stereocenters. The number of hydrogen-bond donors (Lipinski definition) is 1. The van der Waals surface area contributed by atoms with E-state index in [0.717, 1.165) is 60.7 Å². The van der Waals surface area contributed by atoms with E-state index < -0.39 is 5.97 Å². The summed E-state index contributed by atoms with van der Waals surface area (Å²) in [7, 11) is 1.68. The lowest BCUT2D eigenvalue weighted by Crippen LogP contribution is -2.44. The molecule has 0 spiro atoms. The van der Waals surface area contributed by atoms with Gasteiger partial charge in [-0.15, -0.1) is 0 Å². The van der Waals surface area contributed by atoms with Gasteiger partial charge in [0, 0.05) is 23.4 Å². The zero-order valence-electron chi connectivity index (χ0n) is 19.9. The molecule has 0 unspecified atom stereocenters. The van der Waals surface area contributed by atoms with Crippen LogP contribution < -0.4 is 4.74 Å². The number of aromatic nitrogens is 1. The number of methoxy groups -OCH3 is 1. The molecule has 2 aliphatic rings. The predicted octanol–water partition coefficient (Wildman–Crippen LogP) is 5.65. The van der Waals surface area contributed by atoms with Crippen LogP contribution in [0.4, 0.5) is 0 Å². The van der Waals surface area contributed by atoms with E-state index in [1.54, 1.807) is 7.11 Å². The third kappa shape index (κ3) is 6.63. The molecule has 2 fully saturated rings. The number of carboxylic acids is 1. The van der Waals surface area contributed by atoms with Gasteiger partial charge < -0.3 is 14.7 Å². The van der Waals surface area contributed by atoms with Gasteiger partial charge in [-0.1, -0.05) is 12.8 Å². The fourth-order valence-electron chi connectivity index (χ4n) is 5.57. The summed E-state index contributed by atoms with van der Waals surface area (Å²) in [4.78, 5) is 18.9. The van der Waals surface area contributed by atoms with Crippen molar-refractivity contribution in [2.45, 2.75) is 63.0 Å². The number of likely N-dealkylation sites (tertiary alicyclic amines) is 1. The normalized spacial score (nSPS) is 22.1. The van der Waals surface area contributed by atoms with Crippen molar-refractivity contribution >= 4 is 28.6 Å². The number of ether oxygens (including phenoxy) is 1. The van der Waals surface area contributed by atoms with Crippen molar-refractivity contribution in [2.75, 3.05) is 32.5 Å². The van der Waals surface area contributed by atoms with E-state index in [1.807, 2.05) is 18.3 Å². The SMILES string of the molecule is COc1ccc2nccc(CCC[C@@H]3CCN(CCCSC4CCCC4)C[C@@H]3C(=O)O)c2c1. The number of rotatable bonds is 11. The first-order chi connectivity index (χ1) is 16.1. The molecule has 2 heterocycles. The van der Waals surface area contributed by atoms with E-state index in [1.165, 1.54) is 43.4 Å². The Hall–Kier alpha value is -1.79. The highest BCUT2D eigenvalue weighted by Crippen LogP contribution is 2.32. The molecule has 0 radical (unpaired) electrons. The van der Waals surface area contributed by atoms with Gasteiger partial charge in [-0.3, -0.25) is 9.78 Å². The Bertz CT molecular complexity index is 915. The van der Waals surface area contributed by atoms with Gasteiger partial charge in [0.1, 0.15) is 5.75 Å². The van der Waals surface area contributed by atoms with Crippen LogP contribution in [0, 0.1) is 11.8 Å². The number of aliphatic carboxylic acids is 1. The minimum Gasteiger partial charge on any atom is -0.497 e. The molecule has 1 aliphatic carbocycles. The number of pyridine rings is 1.